The Balaban J connectivity index is 1.33. The summed E-state index contributed by atoms with van der Waals surface area (Å²) in [5.74, 6) is 0.689. The van der Waals surface area contributed by atoms with E-state index >= 15 is 0 Å². The second kappa shape index (κ2) is 7.70. The Morgan fingerprint density at radius 3 is 2.85 bits per heavy atom. The lowest BCUT2D eigenvalue weighted by atomic mass is 10.1. The van der Waals surface area contributed by atoms with Crippen molar-refractivity contribution in [2.45, 2.75) is 13.0 Å². The molecule has 1 aliphatic rings. The van der Waals surface area contributed by atoms with E-state index in [-0.39, 0.29) is 0 Å². The van der Waals surface area contributed by atoms with Crippen molar-refractivity contribution in [1.29, 1.82) is 0 Å². The quantitative estimate of drug-likeness (QED) is 0.744. The summed E-state index contributed by atoms with van der Waals surface area (Å²) < 4.78 is 1.88. The molecule has 0 saturated carbocycles. The van der Waals surface area contributed by atoms with Crippen molar-refractivity contribution < 1.29 is 0 Å². The van der Waals surface area contributed by atoms with Crippen LogP contribution in [0, 0.1) is 5.92 Å². The Labute approximate surface area is 154 Å². The fraction of sp³-hybridized carbons (Fsp3) is 0.333. The van der Waals surface area contributed by atoms with E-state index < -0.39 is 0 Å². The summed E-state index contributed by atoms with van der Waals surface area (Å²) in [5.41, 5.74) is 4.64. The van der Waals surface area contributed by atoms with Gasteiger partial charge in [-0.2, -0.15) is 5.10 Å². The molecule has 2 aromatic heterocycles. The van der Waals surface area contributed by atoms with Gasteiger partial charge >= 0.3 is 0 Å². The number of hydrogen-bond acceptors (Lipinski definition) is 4. The number of aryl methyl sites for hydroxylation is 1. The van der Waals surface area contributed by atoms with Gasteiger partial charge in [-0.1, -0.05) is 18.2 Å². The fourth-order valence-electron chi connectivity index (χ4n) is 3.70. The zero-order valence-electron chi connectivity index (χ0n) is 15.2. The molecule has 0 bridgehead atoms. The summed E-state index contributed by atoms with van der Waals surface area (Å²) >= 11 is 0. The standard InChI is InChI=1S/C21H25N5/c1-25-16-19(21(24-25)18-6-5-10-22-13-18)14-23-12-17-9-11-26(15-17)20-7-3-2-4-8-20/h2-8,10,13,16-17,23H,9,11-12,14-15H2,1H3/t17-/m0/s1. The van der Waals surface area contributed by atoms with Gasteiger partial charge in [0, 0.05) is 68.6 Å². The summed E-state index contributed by atoms with van der Waals surface area (Å²) in [4.78, 5) is 6.70. The second-order valence-corrected chi connectivity index (χ2v) is 6.99. The van der Waals surface area contributed by atoms with Gasteiger partial charge in [-0.15, -0.1) is 0 Å². The minimum Gasteiger partial charge on any atom is -0.371 e. The molecule has 134 valence electrons. The van der Waals surface area contributed by atoms with Crippen molar-refractivity contribution in [1.82, 2.24) is 20.1 Å². The molecule has 1 N–H and O–H groups in total. The zero-order chi connectivity index (χ0) is 17.8. The van der Waals surface area contributed by atoms with Crippen LogP contribution in [0.15, 0.2) is 61.1 Å². The molecule has 5 heteroatoms. The van der Waals surface area contributed by atoms with Gasteiger partial charge in [-0.05, 0) is 36.6 Å². The van der Waals surface area contributed by atoms with E-state index in [2.05, 4.69) is 62.9 Å². The molecule has 3 heterocycles. The van der Waals surface area contributed by atoms with Crippen LogP contribution in [-0.4, -0.2) is 34.4 Å². The molecule has 0 aliphatic carbocycles. The van der Waals surface area contributed by atoms with Crippen molar-refractivity contribution in [3.63, 3.8) is 0 Å². The molecular weight excluding hydrogens is 322 g/mol. The van der Waals surface area contributed by atoms with Crippen LogP contribution in [0.25, 0.3) is 11.3 Å². The number of hydrogen-bond donors (Lipinski definition) is 1. The number of benzene rings is 1. The van der Waals surface area contributed by atoms with E-state index in [9.17, 15) is 0 Å². The molecule has 3 aromatic rings. The highest BCUT2D eigenvalue weighted by Crippen LogP contribution is 2.24. The minimum atomic E-state index is 0.689. The third-order valence-electron chi connectivity index (χ3n) is 5.00. The van der Waals surface area contributed by atoms with Crippen LogP contribution in [0.3, 0.4) is 0 Å². The highest BCUT2D eigenvalue weighted by Gasteiger charge is 2.22. The number of rotatable bonds is 6. The highest BCUT2D eigenvalue weighted by atomic mass is 15.3. The number of aromatic nitrogens is 3. The molecule has 0 radical (unpaired) electrons. The normalized spacial score (nSPS) is 17.0. The molecule has 4 rings (SSSR count). The Bertz CT molecular complexity index is 828. The van der Waals surface area contributed by atoms with Crippen molar-refractivity contribution in [3.05, 3.63) is 66.6 Å². The molecule has 26 heavy (non-hydrogen) atoms. The molecule has 5 nitrogen and oxygen atoms in total. The number of anilines is 1. The van der Waals surface area contributed by atoms with Crippen molar-refractivity contribution in [3.8, 4) is 11.3 Å². The fourth-order valence-corrected chi connectivity index (χ4v) is 3.70. The SMILES string of the molecule is Cn1cc(CNC[C@@H]2CCN(c3ccccc3)C2)c(-c2cccnc2)n1. The van der Waals surface area contributed by atoms with Crippen LogP contribution >= 0.6 is 0 Å². The molecule has 0 unspecified atom stereocenters. The van der Waals surface area contributed by atoms with E-state index in [0.29, 0.717) is 5.92 Å². The lowest BCUT2D eigenvalue weighted by Gasteiger charge is -2.18. The lowest BCUT2D eigenvalue weighted by Crippen LogP contribution is -2.26. The van der Waals surface area contributed by atoms with E-state index in [1.807, 2.05) is 24.0 Å². The summed E-state index contributed by atoms with van der Waals surface area (Å²) in [6.07, 6.45) is 7.01. The first kappa shape index (κ1) is 16.8. The second-order valence-electron chi connectivity index (χ2n) is 6.99. The van der Waals surface area contributed by atoms with E-state index in [4.69, 9.17) is 0 Å². The predicted molar refractivity (Wildman–Crippen MR) is 105 cm³/mol. The van der Waals surface area contributed by atoms with Gasteiger partial charge < -0.3 is 10.2 Å². The zero-order valence-corrected chi connectivity index (χ0v) is 15.2. The smallest absolute Gasteiger partial charge is 0.0983 e. The minimum absolute atomic E-state index is 0.689. The van der Waals surface area contributed by atoms with Crippen LogP contribution in [0.5, 0.6) is 0 Å². The van der Waals surface area contributed by atoms with Crippen LogP contribution in [0.1, 0.15) is 12.0 Å². The van der Waals surface area contributed by atoms with Gasteiger partial charge in [0.2, 0.25) is 0 Å². The molecule has 1 aromatic carbocycles. The molecule has 1 atom stereocenters. The Kier molecular flexibility index (Phi) is 4.97. The van der Waals surface area contributed by atoms with Crippen molar-refractivity contribution in [2.24, 2.45) is 13.0 Å². The van der Waals surface area contributed by atoms with Gasteiger partial charge in [0.25, 0.3) is 0 Å². The maximum Gasteiger partial charge on any atom is 0.0983 e. The lowest BCUT2D eigenvalue weighted by molar-refractivity contribution is 0.517. The van der Waals surface area contributed by atoms with Gasteiger partial charge in [-0.3, -0.25) is 9.67 Å². The van der Waals surface area contributed by atoms with Crippen molar-refractivity contribution in [2.75, 3.05) is 24.5 Å². The van der Waals surface area contributed by atoms with Crippen molar-refractivity contribution >= 4 is 5.69 Å². The van der Waals surface area contributed by atoms with Gasteiger partial charge in [0.05, 0.1) is 5.69 Å². The first-order chi connectivity index (χ1) is 12.8. The Morgan fingerprint density at radius 2 is 2.04 bits per heavy atom. The average Bonchev–Trinajstić information content (AvgIpc) is 3.30. The number of nitrogens with zero attached hydrogens (tertiary/aromatic N) is 4. The van der Waals surface area contributed by atoms with Gasteiger partial charge in [0.1, 0.15) is 0 Å². The van der Waals surface area contributed by atoms with Gasteiger partial charge in [0.15, 0.2) is 0 Å². The first-order valence-corrected chi connectivity index (χ1v) is 9.23. The highest BCUT2D eigenvalue weighted by molar-refractivity contribution is 5.61. The summed E-state index contributed by atoms with van der Waals surface area (Å²) in [6, 6.07) is 14.7. The molecular formula is C21H25N5. The molecule has 1 aliphatic heterocycles. The Morgan fingerprint density at radius 1 is 1.15 bits per heavy atom. The average molecular weight is 347 g/mol. The Hall–Kier alpha value is -2.66. The number of pyridine rings is 1. The predicted octanol–water partition coefficient (Wildman–Crippen LogP) is 3.10. The first-order valence-electron chi connectivity index (χ1n) is 9.23. The van der Waals surface area contributed by atoms with E-state index in [1.165, 1.54) is 17.7 Å². The summed E-state index contributed by atoms with van der Waals surface area (Å²) in [5, 5.41) is 8.25. The molecule has 1 fully saturated rings. The maximum atomic E-state index is 4.61. The largest absolute Gasteiger partial charge is 0.371 e. The summed E-state index contributed by atoms with van der Waals surface area (Å²) in [7, 11) is 1.97. The third-order valence-corrected chi connectivity index (χ3v) is 5.00. The van der Waals surface area contributed by atoms with E-state index in [0.717, 1.165) is 37.4 Å². The monoisotopic (exact) mass is 347 g/mol. The van der Waals surface area contributed by atoms with Gasteiger partial charge in [-0.25, -0.2) is 0 Å². The summed E-state index contributed by atoms with van der Waals surface area (Å²) in [6.45, 7) is 4.13. The topological polar surface area (TPSA) is 46.0 Å². The van der Waals surface area contributed by atoms with E-state index in [1.54, 1.807) is 6.20 Å². The number of nitrogens with one attached hydrogen (secondary N) is 1. The van der Waals surface area contributed by atoms with Crippen LogP contribution in [-0.2, 0) is 13.6 Å². The van der Waals surface area contributed by atoms with Crippen LogP contribution < -0.4 is 10.2 Å². The molecule has 0 spiro atoms. The van der Waals surface area contributed by atoms with Crippen LogP contribution in [0.2, 0.25) is 0 Å². The van der Waals surface area contributed by atoms with Crippen LogP contribution in [0.4, 0.5) is 5.69 Å². The molecule has 1 saturated heterocycles. The number of para-hydroxylation sites is 1. The molecule has 0 amide bonds. The maximum absolute atomic E-state index is 4.61. The third kappa shape index (κ3) is 3.78.